The maximum Gasteiger partial charge on any atom is 0.258 e. The van der Waals surface area contributed by atoms with E-state index in [1.54, 1.807) is 6.20 Å². The van der Waals surface area contributed by atoms with Crippen molar-refractivity contribution in [3.05, 3.63) is 52.6 Å². The van der Waals surface area contributed by atoms with Crippen LogP contribution in [0.1, 0.15) is 5.56 Å². The van der Waals surface area contributed by atoms with E-state index >= 15 is 0 Å². The van der Waals surface area contributed by atoms with Crippen molar-refractivity contribution in [1.82, 2.24) is 15.1 Å². The molecule has 2 N–H and O–H groups in total. The van der Waals surface area contributed by atoms with Crippen LogP contribution in [-0.4, -0.2) is 21.7 Å². The van der Waals surface area contributed by atoms with Crippen LogP contribution in [0.15, 0.2) is 51.6 Å². The van der Waals surface area contributed by atoms with Gasteiger partial charge in [0.15, 0.2) is 0 Å². The lowest BCUT2D eigenvalue weighted by Crippen LogP contribution is -2.02. The summed E-state index contributed by atoms with van der Waals surface area (Å²) in [5, 5.41) is 3.98. The second kappa shape index (κ2) is 6.15. The Morgan fingerprint density at radius 1 is 1.19 bits per heavy atom. The molecule has 0 atom stereocenters. The summed E-state index contributed by atoms with van der Waals surface area (Å²) in [6.45, 7) is 0.612. The van der Waals surface area contributed by atoms with E-state index in [0.29, 0.717) is 24.0 Å². The fourth-order valence-electron chi connectivity index (χ4n) is 1.98. The summed E-state index contributed by atoms with van der Waals surface area (Å²) in [5.74, 6) is 0.954. The molecule has 0 aliphatic heterocycles. The third-order valence-corrected chi connectivity index (χ3v) is 3.46. The van der Waals surface area contributed by atoms with Gasteiger partial charge in [-0.15, -0.1) is 0 Å². The minimum atomic E-state index is 0.474. The number of hydrogen-bond acceptors (Lipinski definition) is 5. The predicted octanol–water partition coefficient (Wildman–Crippen LogP) is 3.06. The van der Waals surface area contributed by atoms with Gasteiger partial charge in [0.25, 0.3) is 5.89 Å². The van der Waals surface area contributed by atoms with E-state index < -0.39 is 0 Å². The topological polar surface area (TPSA) is 77.8 Å². The molecule has 0 saturated heterocycles. The van der Waals surface area contributed by atoms with E-state index in [2.05, 4.69) is 31.1 Å². The van der Waals surface area contributed by atoms with Crippen LogP contribution in [0.5, 0.6) is 0 Å². The lowest BCUT2D eigenvalue weighted by molar-refractivity contribution is 0.432. The average molecular weight is 345 g/mol. The quantitative estimate of drug-likeness (QED) is 0.786. The van der Waals surface area contributed by atoms with Gasteiger partial charge in [-0.3, -0.25) is 4.98 Å². The highest BCUT2D eigenvalue weighted by atomic mass is 79.9. The van der Waals surface area contributed by atoms with Crippen LogP contribution in [0.2, 0.25) is 0 Å². The Morgan fingerprint density at radius 3 is 2.86 bits per heavy atom. The van der Waals surface area contributed by atoms with Crippen LogP contribution in [0.4, 0.5) is 0 Å². The Bertz CT molecular complexity index is 739. The Labute approximate surface area is 130 Å². The van der Waals surface area contributed by atoms with Crippen LogP contribution in [0, 0.1) is 0 Å². The highest BCUT2D eigenvalue weighted by Gasteiger charge is 2.11. The first kappa shape index (κ1) is 13.9. The first-order valence-electron chi connectivity index (χ1n) is 6.51. The van der Waals surface area contributed by atoms with Crippen molar-refractivity contribution in [3.8, 4) is 23.0 Å². The van der Waals surface area contributed by atoms with Crippen LogP contribution in [-0.2, 0) is 6.42 Å². The maximum absolute atomic E-state index is 5.58. The molecular weight excluding hydrogens is 332 g/mol. The molecule has 0 spiro atoms. The summed E-state index contributed by atoms with van der Waals surface area (Å²) >= 11 is 3.35. The second-order valence-electron chi connectivity index (χ2n) is 4.52. The van der Waals surface area contributed by atoms with E-state index in [0.717, 1.165) is 22.0 Å². The summed E-state index contributed by atoms with van der Waals surface area (Å²) in [7, 11) is 0. The van der Waals surface area contributed by atoms with Gasteiger partial charge in [0.05, 0.1) is 0 Å². The van der Waals surface area contributed by atoms with E-state index in [-0.39, 0.29) is 0 Å². The lowest BCUT2D eigenvalue weighted by Gasteiger charge is -1.99. The van der Waals surface area contributed by atoms with Crippen molar-refractivity contribution < 1.29 is 4.52 Å². The second-order valence-corrected chi connectivity index (χ2v) is 5.44. The number of aromatic nitrogens is 3. The summed E-state index contributed by atoms with van der Waals surface area (Å²) in [5.41, 5.74) is 8.29. The van der Waals surface area contributed by atoms with Gasteiger partial charge < -0.3 is 10.3 Å². The number of hydrogen-bond donors (Lipinski definition) is 1. The van der Waals surface area contributed by atoms with Gasteiger partial charge in [-0.25, -0.2) is 0 Å². The first-order valence-corrected chi connectivity index (χ1v) is 7.30. The van der Waals surface area contributed by atoms with Crippen molar-refractivity contribution >= 4 is 15.9 Å². The number of benzene rings is 1. The zero-order chi connectivity index (χ0) is 14.7. The molecule has 0 amide bonds. The van der Waals surface area contributed by atoms with Crippen LogP contribution >= 0.6 is 15.9 Å². The van der Waals surface area contributed by atoms with Crippen molar-refractivity contribution in [3.63, 3.8) is 0 Å². The van der Waals surface area contributed by atoms with Crippen molar-refractivity contribution in [2.75, 3.05) is 6.54 Å². The van der Waals surface area contributed by atoms with Crippen molar-refractivity contribution in [2.24, 2.45) is 5.73 Å². The molecule has 0 radical (unpaired) electrons. The minimum absolute atomic E-state index is 0.474. The zero-order valence-electron chi connectivity index (χ0n) is 11.2. The average Bonchev–Trinajstić information content (AvgIpc) is 2.98. The minimum Gasteiger partial charge on any atom is -0.334 e. The number of rotatable bonds is 4. The molecule has 106 valence electrons. The summed E-state index contributed by atoms with van der Waals surface area (Å²) in [6.07, 6.45) is 2.52. The number of halogens is 1. The Kier molecular flexibility index (Phi) is 4.08. The van der Waals surface area contributed by atoms with Gasteiger partial charge in [0.1, 0.15) is 5.69 Å². The van der Waals surface area contributed by atoms with Gasteiger partial charge in [-0.1, -0.05) is 17.3 Å². The molecule has 0 saturated carbocycles. The van der Waals surface area contributed by atoms with Gasteiger partial charge in [0.2, 0.25) is 5.82 Å². The van der Waals surface area contributed by atoms with E-state index in [1.807, 2.05) is 36.4 Å². The molecule has 5 nitrogen and oxygen atoms in total. The third kappa shape index (κ3) is 3.17. The standard InChI is InChI=1S/C15H13BrN4O/c16-12-4-5-13(18-9-12)14-19-15(21-20-14)11-3-1-2-10(8-11)6-7-17/h1-5,8-9H,6-7,17H2. The summed E-state index contributed by atoms with van der Waals surface area (Å²) in [6, 6.07) is 11.7. The molecule has 21 heavy (non-hydrogen) atoms. The SMILES string of the molecule is NCCc1cccc(-c2nc(-c3ccc(Br)cn3)no2)c1. The number of nitrogens with zero attached hydrogens (tertiary/aromatic N) is 3. The smallest absolute Gasteiger partial charge is 0.258 e. The molecule has 1 aromatic carbocycles. The van der Waals surface area contributed by atoms with Gasteiger partial charge >= 0.3 is 0 Å². The Morgan fingerprint density at radius 2 is 2.10 bits per heavy atom. The van der Waals surface area contributed by atoms with Crippen LogP contribution < -0.4 is 5.73 Å². The molecule has 0 aliphatic carbocycles. The Balaban J connectivity index is 1.91. The molecule has 6 heteroatoms. The van der Waals surface area contributed by atoms with Crippen LogP contribution in [0.25, 0.3) is 23.0 Å². The molecule has 2 aromatic heterocycles. The third-order valence-electron chi connectivity index (χ3n) is 2.99. The monoisotopic (exact) mass is 344 g/mol. The first-order chi connectivity index (χ1) is 10.3. The fraction of sp³-hybridized carbons (Fsp3) is 0.133. The normalized spacial score (nSPS) is 10.8. The molecule has 2 heterocycles. The highest BCUT2D eigenvalue weighted by molar-refractivity contribution is 9.10. The predicted molar refractivity (Wildman–Crippen MR) is 83.4 cm³/mol. The van der Waals surface area contributed by atoms with Crippen molar-refractivity contribution in [1.29, 1.82) is 0 Å². The zero-order valence-corrected chi connectivity index (χ0v) is 12.7. The van der Waals surface area contributed by atoms with E-state index in [9.17, 15) is 0 Å². The maximum atomic E-state index is 5.58. The molecule has 0 bridgehead atoms. The van der Waals surface area contributed by atoms with Gasteiger partial charge in [-0.05, 0) is 58.7 Å². The lowest BCUT2D eigenvalue weighted by atomic mass is 10.1. The molecular formula is C15H13BrN4O. The molecule has 3 aromatic rings. The largest absolute Gasteiger partial charge is 0.334 e. The number of nitrogens with two attached hydrogens (primary N) is 1. The summed E-state index contributed by atoms with van der Waals surface area (Å²) < 4.78 is 6.23. The summed E-state index contributed by atoms with van der Waals surface area (Å²) in [4.78, 5) is 8.65. The molecule has 3 rings (SSSR count). The number of pyridine rings is 1. The van der Waals surface area contributed by atoms with Gasteiger partial charge in [-0.2, -0.15) is 4.98 Å². The Hall–Kier alpha value is -2.05. The molecule has 0 aliphatic rings. The molecule has 0 unspecified atom stereocenters. The van der Waals surface area contributed by atoms with E-state index in [4.69, 9.17) is 10.3 Å². The van der Waals surface area contributed by atoms with Gasteiger partial charge in [0, 0.05) is 16.2 Å². The molecule has 0 fully saturated rings. The van der Waals surface area contributed by atoms with Crippen molar-refractivity contribution in [2.45, 2.75) is 6.42 Å². The highest BCUT2D eigenvalue weighted by Crippen LogP contribution is 2.22. The fourth-order valence-corrected chi connectivity index (χ4v) is 2.21. The van der Waals surface area contributed by atoms with Crippen LogP contribution in [0.3, 0.4) is 0 Å². The van der Waals surface area contributed by atoms with E-state index in [1.165, 1.54) is 0 Å².